The summed E-state index contributed by atoms with van der Waals surface area (Å²) < 4.78 is 95.2. The van der Waals surface area contributed by atoms with Gasteiger partial charge >= 0.3 is 27.8 Å². The van der Waals surface area contributed by atoms with Gasteiger partial charge in [-0.05, 0) is 31.9 Å². The van der Waals surface area contributed by atoms with Gasteiger partial charge < -0.3 is 14.6 Å². The maximum atomic E-state index is 12.4. The van der Waals surface area contributed by atoms with E-state index < -0.39 is 33.7 Å². The molecule has 1 aromatic heterocycles. The Morgan fingerprint density at radius 1 is 1.22 bits per heavy atom. The lowest BCUT2D eigenvalue weighted by Gasteiger charge is -2.15. The fraction of sp³-hybridized carbons (Fsp3) is 0.538. The van der Waals surface area contributed by atoms with Gasteiger partial charge in [-0.25, -0.2) is 9.78 Å². The van der Waals surface area contributed by atoms with E-state index in [1.807, 2.05) is 6.92 Å². The number of carboxylic acids is 1. The maximum Gasteiger partial charge on any atom is 0.534 e. The minimum Gasteiger partial charge on any atom is -0.475 e. The maximum absolute atomic E-state index is 12.4. The third-order valence-corrected chi connectivity index (χ3v) is 4.48. The molecule has 154 valence electrons. The molecule has 2 N–H and O–H groups in total. The molecule has 2 heterocycles. The van der Waals surface area contributed by atoms with Gasteiger partial charge in [-0.2, -0.15) is 34.8 Å². The SMILES string of the molecule is Cc1nc(OS(=O)(=O)C(F)(F)F)c2c(c1C)C(C)NC2.O=C(O)C(F)(F)F. The van der Waals surface area contributed by atoms with E-state index in [0.717, 1.165) is 11.1 Å². The van der Waals surface area contributed by atoms with Gasteiger partial charge in [0.1, 0.15) is 0 Å². The molecule has 2 rings (SSSR count). The van der Waals surface area contributed by atoms with Crippen LogP contribution < -0.4 is 9.50 Å². The number of alkyl halides is 6. The third kappa shape index (κ3) is 5.22. The van der Waals surface area contributed by atoms with E-state index in [2.05, 4.69) is 14.5 Å². The van der Waals surface area contributed by atoms with E-state index in [1.165, 1.54) is 0 Å². The van der Waals surface area contributed by atoms with E-state index in [9.17, 15) is 34.8 Å². The lowest BCUT2D eigenvalue weighted by molar-refractivity contribution is -0.192. The number of aromatic nitrogens is 1. The summed E-state index contributed by atoms with van der Waals surface area (Å²) in [5.41, 5.74) is -3.13. The third-order valence-electron chi connectivity index (χ3n) is 3.53. The van der Waals surface area contributed by atoms with E-state index in [0.29, 0.717) is 11.3 Å². The van der Waals surface area contributed by atoms with Crippen LogP contribution in [0.25, 0.3) is 0 Å². The van der Waals surface area contributed by atoms with Crippen molar-refractivity contribution in [1.82, 2.24) is 10.3 Å². The Bertz CT molecular complexity index is 835. The number of nitrogens with one attached hydrogen (secondary N) is 1. The molecule has 0 aliphatic carbocycles. The van der Waals surface area contributed by atoms with Crippen molar-refractivity contribution >= 4 is 16.1 Å². The molecule has 0 amide bonds. The predicted octanol–water partition coefficient (Wildman–Crippen LogP) is 2.72. The summed E-state index contributed by atoms with van der Waals surface area (Å²) >= 11 is 0. The monoisotopic (exact) mass is 424 g/mol. The van der Waals surface area contributed by atoms with E-state index in [-0.39, 0.29) is 12.6 Å². The normalized spacial score (nSPS) is 17.0. The van der Waals surface area contributed by atoms with Crippen LogP contribution in [0, 0.1) is 13.8 Å². The highest BCUT2D eigenvalue weighted by Gasteiger charge is 2.49. The molecule has 1 atom stereocenters. The van der Waals surface area contributed by atoms with Gasteiger partial charge in [0, 0.05) is 23.8 Å². The number of fused-ring (bicyclic) bond motifs is 1. The van der Waals surface area contributed by atoms with Crippen LogP contribution in [-0.4, -0.2) is 36.2 Å². The number of carbonyl (C=O) groups is 1. The summed E-state index contributed by atoms with van der Waals surface area (Å²) in [4.78, 5) is 12.7. The molecule has 0 spiro atoms. The minimum atomic E-state index is -5.71. The number of halogens is 6. The molecular formula is C13H14F6N2O5S. The van der Waals surface area contributed by atoms with Gasteiger partial charge in [-0.15, -0.1) is 0 Å². The average molecular weight is 424 g/mol. The fourth-order valence-electron chi connectivity index (χ4n) is 2.17. The van der Waals surface area contributed by atoms with Crippen molar-refractivity contribution in [3.05, 3.63) is 22.4 Å². The number of pyridine rings is 1. The zero-order valence-corrected chi connectivity index (χ0v) is 14.8. The zero-order valence-electron chi connectivity index (χ0n) is 14.0. The van der Waals surface area contributed by atoms with Crippen molar-refractivity contribution in [3.8, 4) is 5.88 Å². The first-order valence-corrected chi connectivity index (χ1v) is 8.44. The number of rotatable bonds is 2. The Labute approximate surface area is 149 Å². The second kappa shape index (κ2) is 7.50. The van der Waals surface area contributed by atoms with Crippen molar-refractivity contribution in [1.29, 1.82) is 0 Å². The van der Waals surface area contributed by atoms with Crippen molar-refractivity contribution in [2.75, 3.05) is 0 Å². The minimum absolute atomic E-state index is 0.0948. The number of hydrogen-bond acceptors (Lipinski definition) is 6. The van der Waals surface area contributed by atoms with Crippen molar-refractivity contribution in [2.45, 2.75) is 45.0 Å². The van der Waals surface area contributed by atoms with Gasteiger partial charge in [-0.3, -0.25) is 0 Å². The van der Waals surface area contributed by atoms with Crippen molar-refractivity contribution in [2.24, 2.45) is 0 Å². The van der Waals surface area contributed by atoms with Gasteiger partial charge in [0.25, 0.3) is 0 Å². The largest absolute Gasteiger partial charge is 0.534 e. The summed E-state index contributed by atoms with van der Waals surface area (Å²) in [6.07, 6.45) is -5.08. The summed E-state index contributed by atoms with van der Waals surface area (Å²) in [5, 5.41) is 10.1. The molecule has 1 aliphatic heterocycles. The Kier molecular flexibility index (Phi) is 6.37. The highest BCUT2D eigenvalue weighted by atomic mass is 32.2. The Morgan fingerprint density at radius 2 is 1.70 bits per heavy atom. The summed E-state index contributed by atoms with van der Waals surface area (Å²) in [6, 6.07) is -0.0948. The number of aliphatic carboxylic acids is 1. The number of carboxylic acid groups (broad SMARTS) is 1. The van der Waals surface area contributed by atoms with Crippen LogP contribution in [0.3, 0.4) is 0 Å². The first kappa shape index (κ1) is 23.0. The first-order valence-electron chi connectivity index (χ1n) is 7.03. The Hall–Kier alpha value is -2.09. The van der Waals surface area contributed by atoms with Gasteiger partial charge in [0.15, 0.2) is 0 Å². The lowest BCUT2D eigenvalue weighted by atomic mass is 10.0. The van der Waals surface area contributed by atoms with Crippen LogP contribution in [-0.2, 0) is 21.5 Å². The smallest absolute Gasteiger partial charge is 0.475 e. The van der Waals surface area contributed by atoms with Gasteiger partial charge in [0.05, 0.1) is 0 Å². The molecule has 14 heteroatoms. The Morgan fingerprint density at radius 3 is 2.11 bits per heavy atom. The van der Waals surface area contributed by atoms with Crippen LogP contribution in [0.1, 0.15) is 35.3 Å². The first-order chi connectivity index (χ1) is 12.0. The topological polar surface area (TPSA) is 106 Å². The fourth-order valence-corrected chi connectivity index (χ4v) is 2.61. The molecule has 1 aromatic rings. The molecule has 1 aliphatic rings. The molecule has 0 saturated heterocycles. The van der Waals surface area contributed by atoms with Crippen molar-refractivity contribution < 1.29 is 48.8 Å². The lowest BCUT2D eigenvalue weighted by Crippen LogP contribution is -2.29. The standard InChI is InChI=1S/C11H13F3N2O3S.C2HF3O2/c1-5-6(2)16-10(8-4-15-7(3)9(5)8)19-20(17,18)11(12,13)14;3-2(4,5)1(6)7/h7,15H,4H2,1-3H3;(H,6,7). The Balaban J connectivity index is 0.000000445. The molecule has 0 fully saturated rings. The predicted molar refractivity (Wildman–Crippen MR) is 78.3 cm³/mol. The molecule has 0 aromatic carbocycles. The molecule has 1 unspecified atom stereocenters. The molecular weight excluding hydrogens is 410 g/mol. The highest BCUT2D eigenvalue weighted by Crippen LogP contribution is 2.36. The molecule has 27 heavy (non-hydrogen) atoms. The van der Waals surface area contributed by atoms with Gasteiger partial charge in [-0.1, -0.05) is 0 Å². The van der Waals surface area contributed by atoms with Crippen LogP contribution in [0.5, 0.6) is 5.88 Å². The van der Waals surface area contributed by atoms with Crippen molar-refractivity contribution in [3.63, 3.8) is 0 Å². The number of nitrogens with zero attached hydrogens (tertiary/aromatic N) is 1. The zero-order chi connectivity index (χ0) is 21.4. The quantitative estimate of drug-likeness (QED) is 0.427. The van der Waals surface area contributed by atoms with Gasteiger partial charge in [0.2, 0.25) is 5.88 Å². The van der Waals surface area contributed by atoms with E-state index >= 15 is 0 Å². The highest BCUT2D eigenvalue weighted by molar-refractivity contribution is 7.87. The second-order valence-electron chi connectivity index (χ2n) is 5.41. The number of aryl methyl sites for hydroxylation is 1. The average Bonchev–Trinajstić information content (AvgIpc) is 2.85. The summed E-state index contributed by atoms with van der Waals surface area (Å²) in [6.45, 7) is 5.42. The summed E-state index contributed by atoms with van der Waals surface area (Å²) in [7, 11) is -5.71. The van der Waals surface area contributed by atoms with E-state index in [4.69, 9.17) is 9.90 Å². The molecule has 0 radical (unpaired) electrons. The van der Waals surface area contributed by atoms with Crippen LogP contribution in [0.2, 0.25) is 0 Å². The van der Waals surface area contributed by atoms with Crippen LogP contribution in [0.4, 0.5) is 26.3 Å². The molecule has 0 saturated carbocycles. The van der Waals surface area contributed by atoms with Crippen LogP contribution in [0.15, 0.2) is 0 Å². The number of hydrogen-bond donors (Lipinski definition) is 2. The second-order valence-corrected chi connectivity index (χ2v) is 6.95. The molecule has 7 nitrogen and oxygen atoms in total. The van der Waals surface area contributed by atoms with E-state index in [1.54, 1.807) is 13.8 Å². The van der Waals surface area contributed by atoms with Crippen LogP contribution >= 0.6 is 0 Å². The molecule has 0 bridgehead atoms. The summed E-state index contributed by atoms with van der Waals surface area (Å²) in [5.74, 6) is -3.26.